The van der Waals surface area contributed by atoms with Crippen LogP contribution in [0.5, 0.6) is 0 Å². The number of carbonyl (C=O) groups excluding carboxylic acids is 1. The minimum Gasteiger partial charge on any atom is -0.339 e. The second-order valence-corrected chi connectivity index (χ2v) is 8.86. The summed E-state index contributed by atoms with van der Waals surface area (Å²) in [7, 11) is 0. The second kappa shape index (κ2) is 7.86. The van der Waals surface area contributed by atoms with Crippen molar-refractivity contribution in [3.63, 3.8) is 0 Å². The van der Waals surface area contributed by atoms with Crippen molar-refractivity contribution >= 4 is 16.8 Å². The number of para-hydroxylation sites is 1. The summed E-state index contributed by atoms with van der Waals surface area (Å²) < 4.78 is 0. The van der Waals surface area contributed by atoms with E-state index in [2.05, 4.69) is 10.2 Å². The van der Waals surface area contributed by atoms with Crippen molar-refractivity contribution in [1.82, 2.24) is 25.1 Å². The zero-order valence-corrected chi connectivity index (χ0v) is 17.9. The monoisotopic (exact) mass is 423 g/mol. The molecule has 2 fully saturated rings. The van der Waals surface area contributed by atoms with Crippen LogP contribution in [0.1, 0.15) is 59.5 Å². The summed E-state index contributed by atoms with van der Waals surface area (Å²) in [5, 5.41) is 8.46. The van der Waals surface area contributed by atoms with Gasteiger partial charge in [0.25, 0.3) is 5.91 Å². The number of benzene rings is 2. The van der Waals surface area contributed by atoms with Crippen LogP contribution in [0.3, 0.4) is 0 Å². The highest BCUT2D eigenvalue weighted by atomic mass is 16.2. The number of piperidine rings is 1. The Morgan fingerprint density at radius 2 is 1.62 bits per heavy atom. The molecular formula is C26H25N5O. The maximum Gasteiger partial charge on any atom is 0.254 e. The predicted molar refractivity (Wildman–Crippen MR) is 123 cm³/mol. The number of likely N-dealkylation sites (tertiary alicyclic amines) is 1. The Balaban J connectivity index is 1.25. The molecule has 1 saturated carbocycles. The molecule has 0 spiro atoms. The van der Waals surface area contributed by atoms with Crippen molar-refractivity contribution in [2.45, 2.75) is 37.5 Å². The van der Waals surface area contributed by atoms with Gasteiger partial charge < -0.3 is 4.90 Å². The first kappa shape index (κ1) is 19.2. The minimum atomic E-state index is 0.0791. The number of hydrogen-bond acceptors (Lipinski definition) is 4. The van der Waals surface area contributed by atoms with E-state index in [0.29, 0.717) is 11.8 Å². The molecule has 6 nitrogen and oxygen atoms in total. The summed E-state index contributed by atoms with van der Waals surface area (Å²) in [5.74, 6) is 2.93. The van der Waals surface area contributed by atoms with Crippen LogP contribution >= 0.6 is 0 Å². The van der Waals surface area contributed by atoms with Gasteiger partial charge in [0.15, 0.2) is 5.82 Å². The molecule has 2 aromatic heterocycles. The largest absolute Gasteiger partial charge is 0.339 e. The van der Waals surface area contributed by atoms with Crippen molar-refractivity contribution in [2.75, 3.05) is 13.1 Å². The molecule has 6 heteroatoms. The Bertz CT molecular complexity index is 1270. The molecule has 0 radical (unpaired) electrons. The molecule has 0 bridgehead atoms. The Hall–Kier alpha value is -3.54. The van der Waals surface area contributed by atoms with Crippen LogP contribution in [-0.2, 0) is 0 Å². The maximum absolute atomic E-state index is 13.6. The molecule has 0 atom stereocenters. The first-order valence-corrected chi connectivity index (χ1v) is 11.4. The molecule has 1 saturated heterocycles. The zero-order valence-electron chi connectivity index (χ0n) is 17.9. The second-order valence-electron chi connectivity index (χ2n) is 8.86. The average Bonchev–Trinajstić information content (AvgIpc) is 3.60. The quantitative estimate of drug-likeness (QED) is 0.506. The van der Waals surface area contributed by atoms with E-state index in [4.69, 9.17) is 9.97 Å². The Kier molecular flexibility index (Phi) is 4.71. The number of amides is 1. The van der Waals surface area contributed by atoms with Gasteiger partial charge in [0.05, 0.1) is 16.8 Å². The third-order valence-electron chi connectivity index (χ3n) is 6.65. The van der Waals surface area contributed by atoms with Crippen LogP contribution in [0, 0.1) is 0 Å². The van der Waals surface area contributed by atoms with Gasteiger partial charge in [-0.15, -0.1) is 0 Å². The summed E-state index contributed by atoms with van der Waals surface area (Å²) in [6, 6.07) is 19.9. The van der Waals surface area contributed by atoms with E-state index in [-0.39, 0.29) is 5.91 Å². The molecule has 1 aliphatic heterocycles. The van der Waals surface area contributed by atoms with Gasteiger partial charge in [-0.3, -0.25) is 9.89 Å². The van der Waals surface area contributed by atoms with Crippen molar-refractivity contribution < 1.29 is 4.79 Å². The summed E-state index contributed by atoms with van der Waals surface area (Å²) in [6.45, 7) is 1.45. The maximum atomic E-state index is 13.6. The topological polar surface area (TPSA) is 74.8 Å². The fourth-order valence-electron chi connectivity index (χ4n) is 4.63. The van der Waals surface area contributed by atoms with Gasteiger partial charge in [-0.2, -0.15) is 5.10 Å². The number of nitrogens with zero attached hydrogens (tertiary/aromatic N) is 4. The van der Waals surface area contributed by atoms with Gasteiger partial charge in [0.2, 0.25) is 0 Å². The molecule has 6 rings (SSSR count). The molecule has 1 aliphatic carbocycles. The number of nitrogens with one attached hydrogen (secondary N) is 1. The third kappa shape index (κ3) is 3.55. The molecule has 3 heterocycles. The van der Waals surface area contributed by atoms with Crippen molar-refractivity contribution in [3.8, 4) is 11.3 Å². The van der Waals surface area contributed by atoms with E-state index in [1.807, 2.05) is 65.6 Å². The van der Waals surface area contributed by atoms with Crippen molar-refractivity contribution in [2.24, 2.45) is 0 Å². The lowest BCUT2D eigenvalue weighted by molar-refractivity contribution is 0.0713. The van der Waals surface area contributed by atoms with E-state index in [9.17, 15) is 4.79 Å². The highest BCUT2D eigenvalue weighted by molar-refractivity contribution is 6.07. The molecule has 0 unspecified atom stereocenters. The molecule has 1 amide bonds. The average molecular weight is 424 g/mol. The summed E-state index contributed by atoms with van der Waals surface area (Å²) in [5.41, 5.74) is 3.42. The van der Waals surface area contributed by atoms with Gasteiger partial charge >= 0.3 is 0 Å². The SMILES string of the molecule is O=C(c1cc(-c2ccccc2)nc2ccccc12)N1CCC(c2nc(C3CC3)n[nH]2)CC1. The first-order chi connectivity index (χ1) is 15.8. The van der Waals surface area contributed by atoms with E-state index in [1.165, 1.54) is 12.8 Å². The number of aromatic amines is 1. The van der Waals surface area contributed by atoms with Crippen LogP contribution in [0.2, 0.25) is 0 Å². The van der Waals surface area contributed by atoms with Crippen molar-refractivity contribution in [3.05, 3.63) is 77.9 Å². The fourth-order valence-corrected chi connectivity index (χ4v) is 4.63. The van der Waals surface area contributed by atoms with Gasteiger partial charge in [0.1, 0.15) is 5.82 Å². The summed E-state index contributed by atoms with van der Waals surface area (Å²) in [4.78, 5) is 25.1. The molecule has 32 heavy (non-hydrogen) atoms. The fraction of sp³-hybridized carbons (Fsp3) is 0.308. The number of pyridine rings is 1. The van der Waals surface area contributed by atoms with Gasteiger partial charge in [-0.05, 0) is 37.8 Å². The third-order valence-corrected chi connectivity index (χ3v) is 6.65. The smallest absolute Gasteiger partial charge is 0.254 e. The summed E-state index contributed by atoms with van der Waals surface area (Å²) in [6.07, 6.45) is 4.21. The molecule has 160 valence electrons. The van der Waals surface area contributed by atoms with Crippen molar-refractivity contribution in [1.29, 1.82) is 0 Å². The standard InChI is InChI=1S/C26H25N5O/c32-26(31-14-12-19(13-15-31)25-28-24(29-30-25)18-10-11-18)21-16-23(17-6-2-1-3-7-17)27-22-9-5-4-8-20(21)22/h1-9,16,18-19H,10-15H2,(H,28,29,30). The van der Waals surface area contributed by atoms with Crippen LogP contribution in [0.15, 0.2) is 60.7 Å². The van der Waals surface area contributed by atoms with E-state index in [1.54, 1.807) is 0 Å². The highest BCUT2D eigenvalue weighted by Crippen LogP contribution is 2.38. The molecular weight excluding hydrogens is 398 g/mol. The molecule has 1 N–H and O–H groups in total. The Morgan fingerprint density at radius 3 is 2.41 bits per heavy atom. The minimum absolute atomic E-state index is 0.0791. The van der Waals surface area contributed by atoms with Gasteiger partial charge in [-0.1, -0.05) is 48.5 Å². The first-order valence-electron chi connectivity index (χ1n) is 11.4. The normalized spacial score (nSPS) is 17.1. The van der Waals surface area contributed by atoms with Crippen LogP contribution in [0.4, 0.5) is 0 Å². The number of aromatic nitrogens is 4. The highest BCUT2D eigenvalue weighted by Gasteiger charge is 2.31. The van der Waals surface area contributed by atoms with E-state index in [0.717, 1.165) is 65.3 Å². The number of hydrogen-bond donors (Lipinski definition) is 1. The van der Waals surface area contributed by atoms with E-state index < -0.39 is 0 Å². The Morgan fingerprint density at radius 1 is 0.875 bits per heavy atom. The number of rotatable bonds is 4. The van der Waals surface area contributed by atoms with Crippen LogP contribution in [-0.4, -0.2) is 44.1 Å². The van der Waals surface area contributed by atoms with Gasteiger partial charge in [0, 0.05) is 35.9 Å². The summed E-state index contributed by atoms with van der Waals surface area (Å²) >= 11 is 0. The number of carbonyl (C=O) groups is 1. The lowest BCUT2D eigenvalue weighted by Crippen LogP contribution is -2.38. The number of H-pyrrole nitrogens is 1. The van der Waals surface area contributed by atoms with Crippen LogP contribution < -0.4 is 0 Å². The molecule has 4 aromatic rings. The lowest BCUT2D eigenvalue weighted by atomic mass is 9.95. The van der Waals surface area contributed by atoms with E-state index >= 15 is 0 Å². The van der Waals surface area contributed by atoms with Crippen LogP contribution in [0.25, 0.3) is 22.2 Å². The molecule has 2 aromatic carbocycles. The molecule has 2 aliphatic rings. The lowest BCUT2D eigenvalue weighted by Gasteiger charge is -2.31. The van der Waals surface area contributed by atoms with Gasteiger partial charge in [-0.25, -0.2) is 9.97 Å². The number of fused-ring (bicyclic) bond motifs is 1. The zero-order chi connectivity index (χ0) is 21.5. The predicted octanol–water partition coefficient (Wildman–Crippen LogP) is 4.92. The Labute approximate surface area is 186 Å².